The minimum Gasteiger partial charge on any atom is -1.00 e. The maximum absolute atomic E-state index is 10.6. The quantitative estimate of drug-likeness (QED) is 0.124. The van der Waals surface area contributed by atoms with E-state index in [4.69, 9.17) is 5.11 Å². The molecule has 3 aliphatic rings. The second-order valence-electron chi connectivity index (χ2n) is 11.9. The summed E-state index contributed by atoms with van der Waals surface area (Å²) in [5, 5.41) is 8.75. The fraction of sp³-hybridized carbons (Fsp3) is 0.967. The SMILES string of the molecule is O=C(O)CCCCCCCCCCC[P+](C1CCCCC1)(C1CCCCC1)C1CCCCC1.[I-]. The van der Waals surface area contributed by atoms with E-state index < -0.39 is 13.2 Å². The number of aliphatic carboxylic acids is 1. The first kappa shape index (κ1) is 30.9. The maximum atomic E-state index is 10.6. The van der Waals surface area contributed by atoms with E-state index in [0.29, 0.717) is 6.42 Å². The molecular formula is C30H56IO2P. The molecule has 1 N–H and O–H groups in total. The summed E-state index contributed by atoms with van der Waals surface area (Å²) in [6, 6.07) is 0. The lowest BCUT2D eigenvalue weighted by molar-refractivity contribution is -0.137. The highest BCUT2D eigenvalue weighted by molar-refractivity contribution is 7.77. The van der Waals surface area contributed by atoms with E-state index in [2.05, 4.69) is 0 Å². The standard InChI is InChI=1S/C30H55O2P.HI/c31-30(32)25-17-6-4-2-1-3-5-7-18-26-33(27-19-11-8-12-20-27,28-21-13-9-14-22-28)29-23-15-10-16-24-29;/h27-29H,1-26H2;1H. The molecule has 3 fully saturated rings. The van der Waals surface area contributed by atoms with Crippen LogP contribution in [0, 0.1) is 0 Å². The lowest BCUT2D eigenvalue weighted by Crippen LogP contribution is -3.00. The van der Waals surface area contributed by atoms with Crippen LogP contribution in [-0.4, -0.2) is 34.2 Å². The number of unbranched alkanes of at least 4 members (excludes halogenated alkanes) is 8. The molecule has 4 heteroatoms. The number of carboxylic acids is 1. The number of hydrogen-bond acceptors (Lipinski definition) is 1. The molecule has 0 unspecified atom stereocenters. The van der Waals surface area contributed by atoms with Crippen molar-refractivity contribution < 1.29 is 33.9 Å². The molecule has 0 amide bonds. The van der Waals surface area contributed by atoms with E-state index in [0.717, 1.165) is 29.8 Å². The van der Waals surface area contributed by atoms with Crippen LogP contribution in [0.25, 0.3) is 0 Å². The van der Waals surface area contributed by atoms with Crippen LogP contribution in [0.3, 0.4) is 0 Å². The zero-order valence-electron chi connectivity index (χ0n) is 22.3. The van der Waals surface area contributed by atoms with Gasteiger partial charge in [0.05, 0.1) is 23.1 Å². The predicted molar refractivity (Wildman–Crippen MR) is 146 cm³/mol. The molecule has 0 radical (unpaired) electrons. The Hall–Kier alpha value is 0.630. The largest absolute Gasteiger partial charge is 1.00 e. The molecule has 0 atom stereocenters. The lowest BCUT2D eigenvalue weighted by Gasteiger charge is -2.49. The minimum atomic E-state index is -0.853. The van der Waals surface area contributed by atoms with Gasteiger partial charge in [0.25, 0.3) is 0 Å². The van der Waals surface area contributed by atoms with Gasteiger partial charge in [-0.25, -0.2) is 0 Å². The number of carbonyl (C=O) groups is 1. The molecule has 3 rings (SSSR count). The zero-order chi connectivity index (χ0) is 23.2. The second kappa shape index (κ2) is 18.0. The fourth-order valence-corrected chi connectivity index (χ4v) is 15.7. The molecule has 0 aliphatic heterocycles. The van der Waals surface area contributed by atoms with Gasteiger partial charge >= 0.3 is 5.97 Å². The van der Waals surface area contributed by atoms with Gasteiger partial charge in [-0.3, -0.25) is 4.79 Å². The molecule has 200 valence electrons. The number of hydrogen-bond donors (Lipinski definition) is 1. The molecule has 0 aromatic heterocycles. The maximum Gasteiger partial charge on any atom is 0.303 e. The van der Waals surface area contributed by atoms with Crippen LogP contribution < -0.4 is 24.0 Å². The topological polar surface area (TPSA) is 37.3 Å². The van der Waals surface area contributed by atoms with Crippen molar-refractivity contribution >= 4 is 13.2 Å². The Morgan fingerprint density at radius 3 is 1.21 bits per heavy atom. The number of carboxylic acid groups (broad SMARTS) is 1. The van der Waals surface area contributed by atoms with Crippen LogP contribution in [0.5, 0.6) is 0 Å². The second-order valence-corrected chi connectivity index (χ2v) is 16.5. The van der Waals surface area contributed by atoms with E-state index in [1.165, 1.54) is 64.2 Å². The van der Waals surface area contributed by atoms with E-state index >= 15 is 0 Å². The van der Waals surface area contributed by atoms with Gasteiger partial charge in [-0.05, 0) is 96.3 Å². The average Bonchev–Trinajstić information content (AvgIpc) is 2.86. The van der Waals surface area contributed by atoms with Crippen molar-refractivity contribution in [3.8, 4) is 0 Å². The summed E-state index contributed by atoms with van der Waals surface area (Å²) in [7, 11) is -0.853. The molecule has 0 heterocycles. The first-order chi connectivity index (χ1) is 16.2. The molecule has 34 heavy (non-hydrogen) atoms. The molecule has 2 nitrogen and oxygen atoms in total. The molecule has 0 bridgehead atoms. The molecular weight excluding hydrogens is 550 g/mol. The van der Waals surface area contributed by atoms with Crippen molar-refractivity contribution in [1.82, 2.24) is 0 Å². The summed E-state index contributed by atoms with van der Waals surface area (Å²) >= 11 is 0. The van der Waals surface area contributed by atoms with Crippen molar-refractivity contribution in [1.29, 1.82) is 0 Å². The highest BCUT2D eigenvalue weighted by Gasteiger charge is 2.56. The van der Waals surface area contributed by atoms with Crippen molar-refractivity contribution in [2.75, 3.05) is 6.16 Å². The van der Waals surface area contributed by atoms with E-state index in [9.17, 15) is 4.79 Å². The summed E-state index contributed by atoms with van der Waals surface area (Å²) in [6.45, 7) is 0. The van der Waals surface area contributed by atoms with Gasteiger partial charge in [0.2, 0.25) is 0 Å². The van der Waals surface area contributed by atoms with Crippen molar-refractivity contribution in [3.63, 3.8) is 0 Å². The summed E-state index contributed by atoms with van der Waals surface area (Å²) < 4.78 is 0. The minimum absolute atomic E-state index is 0. The Bertz CT molecular complexity index is 476. The van der Waals surface area contributed by atoms with Crippen molar-refractivity contribution in [2.45, 2.75) is 177 Å². The molecule has 0 aromatic rings. The summed E-state index contributed by atoms with van der Waals surface area (Å²) in [5.74, 6) is -0.636. The van der Waals surface area contributed by atoms with Gasteiger partial charge in [-0.15, -0.1) is 0 Å². The number of rotatable bonds is 15. The lowest BCUT2D eigenvalue weighted by atomic mass is 9.99. The third-order valence-corrected chi connectivity index (χ3v) is 16.4. The van der Waals surface area contributed by atoms with Crippen LogP contribution >= 0.6 is 7.26 Å². The molecule has 0 aromatic carbocycles. The molecule has 3 saturated carbocycles. The summed E-state index contributed by atoms with van der Waals surface area (Å²) in [5.41, 5.74) is 3.47. The van der Waals surface area contributed by atoms with E-state index in [1.54, 1.807) is 83.2 Å². The van der Waals surface area contributed by atoms with Crippen LogP contribution in [-0.2, 0) is 4.79 Å². The highest BCUT2D eigenvalue weighted by atomic mass is 127. The third kappa shape index (κ3) is 9.83. The first-order valence-electron chi connectivity index (χ1n) is 15.3. The Labute approximate surface area is 229 Å². The summed E-state index contributed by atoms with van der Waals surface area (Å²) in [4.78, 5) is 10.6. The zero-order valence-corrected chi connectivity index (χ0v) is 25.3. The predicted octanol–water partition coefficient (Wildman–Crippen LogP) is 6.99. The van der Waals surface area contributed by atoms with Crippen molar-refractivity contribution in [3.05, 3.63) is 0 Å². The third-order valence-electron chi connectivity index (χ3n) is 9.70. The molecule has 3 aliphatic carbocycles. The Morgan fingerprint density at radius 2 is 0.853 bits per heavy atom. The van der Waals surface area contributed by atoms with E-state index in [1.807, 2.05) is 0 Å². The Balaban J connectivity index is 0.00000408. The summed E-state index contributed by atoms with van der Waals surface area (Å²) in [6.07, 6.45) is 37.1. The van der Waals surface area contributed by atoms with Gasteiger partial charge in [0.15, 0.2) is 0 Å². The average molecular weight is 607 g/mol. The van der Waals surface area contributed by atoms with Crippen LogP contribution in [0.15, 0.2) is 0 Å². The van der Waals surface area contributed by atoms with Crippen LogP contribution in [0.2, 0.25) is 0 Å². The normalized spacial score (nSPS) is 21.3. The van der Waals surface area contributed by atoms with E-state index in [-0.39, 0.29) is 24.0 Å². The van der Waals surface area contributed by atoms with Gasteiger partial charge in [-0.1, -0.05) is 57.8 Å². The Morgan fingerprint density at radius 1 is 0.529 bits per heavy atom. The van der Waals surface area contributed by atoms with Gasteiger partial charge in [-0.2, -0.15) is 0 Å². The van der Waals surface area contributed by atoms with Gasteiger partial charge < -0.3 is 29.1 Å². The van der Waals surface area contributed by atoms with Gasteiger partial charge in [0.1, 0.15) is 0 Å². The van der Waals surface area contributed by atoms with Crippen molar-refractivity contribution in [2.24, 2.45) is 0 Å². The number of halogens is 1. The molecule has 0 saturated heterocycles. The van der Waals surface area contributed by atoms with Crippen LogP contribution in [0.4, 0.5) is 0 Å². The van der Waals surface area contributed by atoms with Crippen LogP contribution in [0.1, 0.15) is 161 Å². The van der Waals surface area contributed by atoms with Gasteiger partial charge in [0, 0.05) is 13.7 Å². The smallest absolute Gasteiger partial charge is 0.303 e. The Kier molecular flexibility index (Phi) is 16.3. The first-order valence-corrected chi connectivity index (χ1v) is 17.5. The highest BCUT2D eigenvalue weighted by Crippen LogP contribution is 2.77. The fourth-order valence-electron chi connectivity index (χ4n) is 8.03. The molecule has 0 spiro atoms. The monoisotopic (exact) mass is 606 g/mol.